The fourth-order valence-corrected chi connectivity index (χ4v) is 2.10. The van der Waals surface area contributed by atoms with E-state index in [1.54, 1.807) is 0 Å². The summed E-state index contributed by atoms with van der Waals surface area (Å²) < 4.78 is 40.0. The van der Waals surface area contributed by atoms with Crippen molar-refractivity contribution in [1.82, 2.24) is 0 Å². The fourth-order valence-electron chi connectivity index (χ4n) is 0.876. The van der Waals surface area contributed by atoms with E-state index in [-0.39, 0.29) is 4.90 Å². The Labute approximate surface area is 105 Å². The molecule has 0 spiro atoms. The molecule has 0 aliphatic rings. The van der Waals surface area contributed by atoms with Gasteiger partial charge in [0.25, 0.3) is 15.1 Å². The second kappa shape index (κ2) is 5.52. The largest absolute Gasteiger partial charge is 0.297 e. The zero-order valence-electron chi connectivity index (χ0n) is 8.25. The first-order chi connectivity index (χ1) is 7.83. The minimum Gasteiger partial charge on any atom is -0.263 e. The van der Waals surface area contributed by atoms with Crippen molar-refractivity contribution >= 4 is 26.0 Å². The summed E-state index contributed by atoms with van der Waals surface area (Å²) in [7, 11) is -4.11. The maximum absolute atomic E-state index is 12.6. The lowest BCUT2D eigenvalue weighted by molar-refractivity contribution is -0.494. The number of nitrogens with zero attached hydrogens (tertiary/aromatic N) is 1. The first-order valence-electron chi connectivity index (χ1n) is 4.25. The van der Waals surface area contributed by atoms with Crippen molar-refractivity contribution in [3.63, 3.8) is 0 Å². The van der Waals surface area contributed by atoms with Gasteiger partial charge >= 0.3 is 0 Å². The number of hydrogen-bond acceptors (Lipinski definition) is 5. The van der Waals surface area contributed by atoms with E-state index in [9.17, 15) is 22.9 Å². The molecule has 0 heterocycles. The lowest BCUT2D eigenvalue weighted by atomic mass is 10.4. The van der Waals surface area contributed by atoms with Gasteiger partial charge in [-0.3, -0.25) is 14.3 Å². The van der Waals surface area contributed by atoms with Gasteiger partial charge in [0.2, 0.25) is 0 Å². The molecule has 1 aromatic rings. The van der Waals surface area contributed by atoms with Crippen LogP contribution in [0.1, 0.15) is 0 Å². The Bertz CT molecular complexity index is 503. The standard InChI is InChI=1S/C8H7BrFNO5S/c9-8(11(12)13)5-16-17(14,15)7-3-1-6(10)2-4-7/h1-4,8H,5H2. The predicted molar refractivity (Wildman–Crippen MR) is 59.2 cm³/mol. The third-order valence-electron chi connectivity index (χ3n) is 1.69. The van der Waals surface area contributed by atoms with Gasteiger partial charge in [0, 0.05) is 4.92 Å². The van der Waals surface area contributed by atoms with E-state index in [4.69, 9.17) is 0 Å². The lowest BCUT2D eigenvalue weighted by Gasteiger charge is -2.05. The van der Waals surface area contributed by atoms with Crippen LogP contribution in [0, 0.1) is 15.9 Å². The molecule has 0 aromatic heterocycles. The van der Waals surface area contributed by atoms with Gasteiger partial charge in [-0.05, 0) is 40.2 Å². The highest BCUT2D eigenvalue weighted by molar-refractivity contribution is 9.09. The molecule has 0 aliphatic carbocycles. The minimum absolute atomic E-state index is 0.262. The van der Waals surface area contributed by atoms with Gasteiger partial charge in [0.1, 0.15) is 12.4 Å². The van der Waals surface area contributed by atoms with E-state index in [1.165, 1.54) is 0 Å². The highest BCUT2D eigenvalue weighted by atomic mass is 79.9. The third kappa shape index (κ3) is 4.02. The Morgan fingerprint density at radius 2 is 1.94 bits per heavy atom. The average Bonchev–Trinajstić information content (AvgIpc) is 2.26. The van der Waals surface area contributed by atoms with Gasteiger partial charge in [0.15, 0.2) is 0 Å². The second-order valence-corrected chi connectivity index (χ2v) is 5.58. The Kier molecular flexibility index (Phi) is 4.54. The molecule has 0 amide bonds. The monoisotopic (exact) mass is 327 g/mol. The van der Waals surface area contributed by atoms with Crippen molar-refractivity contribution in [1.29, 1.82) is 0 Å². The van der Waals surface area contributed by atoms with Crippen molar-refractivity contribution in [2.24, 2.45) is 0 Å². The van der Waals surface area contributed by atoms with Crippen LogP contribution in [0.2, 0.25) is 0 Å². The Balaban J connectivity index is 2.76. The molecular weight excluding hydrogens is 321 g/mol. The second-order valence-electron chi connectivity index (χ2n) is 2.91. The number of halogens is 2. The van der Waals surface area contributed by atoms with Crippen LogP contribution in [0.3, 0.4) is 0 Å². The molecule has 1 rings (SSSR count). The van der Waals surface area contributed by atoms with Crippen molar-refractivity contribution in [2.75, 3.05) is 6.61 Å². The van der Waals surface area contributed by atoms with Gasteiger partial charge in [-0.25, -0.2) is 4.39 Å². The Morgan fingerprint density at radius 3 is 2.41 bits per heavy atom. The summed E-state index contributed by atoms with van der Waals surface area (Å²) in [5, 5.41) is 10.2. The SMILES string of the molecule is O=[N+]([O-])C(Br)COS(=O)(=O)c1ccc(F)cc1. The summed E-state index contributed by atoms with van der Waals surface area (Å²) in [6.07, 6.45) is 0. The van der Waals surface area contributed by atoms with Crippen LogP contribution in [0.4, 0.5) is 4.39 Å². The van der Waals surface area contributed by atoms with Crippen molar-refractivity contribution < 1.29 is 21.9 Å². The molecule has 0 radical (unpaired) electrons. The van der Waals surface area contributed by atoms with Crippen LogP contribution in [-0.2, 0) is 14.3 Å². The first kappa shape index (κ1) is 14.0. The van der Waals surface area contributed by atoms with E-state index < -0.39 is 32.4 Å². The molecule has 1 aromatic carbocycles. The minimum atomic E-state index is -4.11. The van der Waals surface area contributed by atoms with E-state index in [0.717, 1.165) is 24.3 Å². The highest BCUT2D eigenvalue weighted by Gasteiger charge is 2.22. The maximum Gasteiger partial charge on any atom is 0.297 e. The summed E-state index contributed by atoms with van der Waals surface area (Å²) in [5.74, 6) is -0.590. The third-order valence-corrected chi connectivity index (χ3v) is 3.59. The molecule has 6 nitrogen and oxygen atoms in total. The predicted octanol–water partition coefficient (Wildman–Crippen LogP) is 1.53. The van der Waals surface area contributed by atoms with Crippen molar-refractivity contribution in [3.8, 4) is 0 Å². The Morgan fingerprint density at radius 1 is 1.41 bits per heavy atom. The van der Waals surface area contributed by atoms with E-state index in [2.05, 4.69) is 20.1 Å². The molecule has 0 saturated heterocycles. The Hall–Kier alpha value is -1.06. The molecule has 94 valence electrons. The van der Waals surface area contributed by atoms with E-state index in [1.807, 2.05) is 0 Å². The van der Waals surface area contributed by atoms with Gasteiger partial charge in [-0.1, -0.05) is 0 Å². The first-order valence-corrected chi connectivity index (χ1v) is 6.58. The number of alkyl halides is 1. The van der Waals surface area contributed by atoms with E-state index >= 15 is 0 Å². The molecule has 0 bridgehead atoms. The zero-order chi connectivity index (χ0) is 13.1. The molecule has 1 unspecified atom stereocenters. The van der Waals surface area contributed by atoms with Crippen LogP contribution in [0.5, 0.6) is 0 Å². The quantitative estimate of drug-likeness (QED) is 0.269. The molecule has 0 aliphatic heterocycles. The molecule has 17 heavy (non-hydrogen) atoms. The fraction of sp³-hybridized carbons (Fsp3) is 0.250. The van der Waals surface area contributed by atoms with Crippen LogP contribution in [-0.4, -0.2) is 24.9 Å². The average molecular weight is 328 g/mol. The summed E-state index contributed by atoms with van der Waals surface area (Å²) in [6, 6.07) is 3.94. The molecule has 0 saturated carbocycles. The van der Waals surface area contributed by atoms with Crippen LogP contribution >= 0.6 is 15.9 Å². The topological polar surface area (TPSA) is 86.5 Å². The molecule has 0 fully saturated rings. The maximum atomic E-state index is 12.6. The number of rotatable bonds is 5. The van der Waals surface area contributed by atoms with Gasteiger partial charge in [0.05, 0.1) is 4.90 Å². The number of hydrogen-bond donors (Lipinski definition) is 0. The summed E-state index contributed by atoms with van der Waals surface area (Å²) >= 11 is 2.63. The number of benzene rings is 1. The zero-order valence-corrected chi connectivity index (χ0v) is 10.6. The van der Waals surface area contributed by atoms with Gasteiger partial charge in [-0.2, -0.15) is 8.42 Å². The lowest BCUT2D eigenvalue weighted by Crippen LogP contribution is -2.21. The molecule has 1 atom stereocenters. The van der Waals surface area contributed by atoms with Crippen molar-refractivity contribution in [3.05, 3.63) is 40.2 Å². The van der Waals surface area contributed by atoms with Crippen LogP contribution in [0.25, 0.3) is 0 Å². The number of nitro groups is 1. The van der Waals surface area contributed by atoms with E-state index in [0.29, 0.717) is 0 Å². The smallest absolute Gasteiger partial charge is 0.263 e. The molecular formula is C8H7BrFNO5S. The highest BCUT2D eigenvalue weighted by Crippen LogP contribution is 2.14. The van der Waals surface area contributed by atoms with Crippen molar-refractivity contribution in [2.45, 2.75) is 9.85 Å². The molecule has 9 heteroatoms. The summed E-state index contributed by atoms with van der Waals surface area (Å²) in [6.45, 7) is -0.646. The summed E-state index contributed by atoms with van der Waals surface area (Å²) in [4.78, 5) is 7.91. The van der Waals surface area contributed by atoms with Crippen LogP contribution < -0.4 is 0 Å². The normalized spacial score (nSPS) is 13.3. The van der Waals surface area contributed by atoms with Crippen LogP contribution in [0.15, 0.2) is 29.2 Å². The van der Waals surface area contributed by atoms with Gasteiger partial charge < -0.3 is 0 Å². The van der Waals surface area contributed by atoms with Gasteiger partial charge in [-0.15, -0.1) is 0 Å². The summed E-state index contributed by atoms with van der Waals surface area (Å²) in [5.41, 5.74) is 0. The molecule has 0 N–H and O–H groups in total.